The van der Waals surface area contributed by atoms with Crippen LogP contribution in [0.25, 0.3) is 0 Å². The molecule has 0 aliphatic heterocycles. The summed E-state index contributed by atoms with van der Waals surface area (Å²) < 4.78 is 63.3. The molecule has 23 heavy (non-hydrogen) atoms. The van der Waals surface area contributed by atoms with Crippen molar-refractivity contribution < 1.29 is 26.7 Å². The number of hydrogen-bond donors (Lipinski definition) is 2. The highest BCUT2D eigenvalue weighted by molar-refractivity contribution is 5.93. The largest absolute Gasteiger partial charge is 0.416 e. The van der Waals surface area contributed by atoms with Crippen molar-refractivity contribution in [3.05, 3.63) is 59.7 Å². The fourth-order valence-electron chi connectivity index (χ4n) is 1.76. The summed E-state index contributed by atoms with van der Waals surface area (Å²) in [5.74, 6) is -2.19. The van der Waals surface area contributed by atoms with Gasteiger partial charge in [0.25, 0.3) is 0 Å². The molecule has 0 saturated carbocycles. The van der Waals surface area contributed by atoms with E-state index in [-0.39, 0.29) is 17.9 Å². The van der Waals surface area contributed by atoms with Crippen molar-refractivity contribution in [3.63, 3.8) is 0 Å². The molecule has 0 unspecified atom stereocenters. The Morgan fingerprint density at radius 2 is 1.65 bits per heavy atom. The fourth-order valence-corrected chi connectivity index (χ4v) is 1.76. The lowest BCUT2D eigenvalue weighted by atomic mass is 10.2. The predicted octanol–water partition coefficient (Wildman–Crippen LogP) is 4.03. The van der Waals surface area contributed by atoms with E-state index in [2.05, 4.69) is 10.6 Å². The van der Waals surface area contributed by atoms with Gasteiger partial charge >= 0.3 is 6.18 Å². The lowest BCUT2D eigenvalue weighted by molar-refractivity contribution is -0.137. The maximum Gasteiger partial charge on any atom is 0.416 e. The smallest absolute Gasteiger partial charge is 0.374 e. The summed E-state index contributed by atoms with van der Waals surface area (Å²) >= 11 is 0. The van der Waals surface area contributed by atoms with Crippen LogP contribution >= 0.6 is 0 Å². The van der Waals surface area contributed by atoms with E-state index in [9.17, 15) is 26.7 Å². The van der Waals surface area contributed by atoms with E-state index in [1.807, 2.05) is 0 Å². The van der Waals surface area contributed by atoms with Crippen molar-refractivity contribution in [2.45, 2.75) is 6.18 Å². The summed E-state index contributed by atoms with van der Waals surface area (Å²) in [6.07, 6.45) is -4.45. The number of halogens is 5. The van der Waals surface area contributed by atoms with Gasteiger partial charge in [0, 0.05) is 11.8 Å². The molecule has 2 aromatic rings. The zero-order valence-corrected chi connectivity index (χ0v) is 11.5. The van der Waals surface area contributed by atoms with Crippen molar-refractivity contribution in [2.24, 2.45) is 0 Å². The highest BCUT2D eigenvalue weighted by Crippen LogP contribution is 2.29. The molecule has 0 aliphatic carbocycles. The van der Waals surface area contributed by atoms with E-state index < -0.39 is 29.3 Å². The van der Waals surface area contributed by atoms with Crippen molar-refractivity contribution in [1.29, 1.82) is 0 Å². The van der Waals surface area contributed by atoms with Gasteiger partial charge in [0.15, 0.2) is 0 Å². The maximum atomic E-state index is 13.3. The molecule has 122 valence electrons. The van der Waals surface area contributed by atoms with Gasteiger partial charge in [0.2, 0.25) is 5.91 Å². The predicted molar refractivity (Wildman–Crippen MR) is 74.9 cm³/mol. The first-order chi connectivity index (χ1) is 10.8. The van der Waals surface area contributed by atoms with Crippen LogP contribution in [-0.4, -0.2) is 12.5 Å². The summed E-state index contributed by atoms with van der Waals surface area (Å²) in [4.78, 5) is 11.7. The van der Waals surface area contributed by atoms with Gasteiger partial charge in [-0.15, -0.1) is 0 Å². The van der Waals surface area contributed by atoms with Crippen LogP contribution in [-0.2, 0) is 11.0 Å². The first-order valence-corrected chi connectivity index (χ1v) is 6.42. The number of rotatable bonds is 4. The number of hydrogen-bond acceptors (Lipinski definition) is 2. The van der Waals surface area contributed by atoms with E-state index in [4.69, 9.17) is 0 Å². The highest BCUT2D eigenvalue weighted by Gasteiger charge is 2.29. The third kappa shape index (κ3) is 4.67. The number of benzene rings is 2. The van der Waals surface area contributed by atoms with Crippen LogP contribution in [0.15, 0.2) is 42.5 Å². The van der Waals surface area contributed by atoms with Gasteiger partial charge in [0.05, 0.1) is 17.8 Å². The normalized spacial score (nSPS) is 11.2. The Hall–Kier alpha value is -2.64. The minimum absolute atomic E-state index is 0.0611. The van der Waals surface area contributed by atoms with E-state index in [1.54, 1.807) is 0 Å². The molecule has 0 atom stereocenters. The quantitative estimate of drug-likeness (QED) is 0.831. The summed E-state index contributed by atoms with van der Waals surface area (Å²) in [6, 6.07) is 6.72. The Morgan fingerprint density at radius 3 is 2.22 bits per heavy atom. The standard InChI is InChI=1S/C15H11F5N2O/c16-10-3-6-13(12(17)7-10)21-8-14(23)22-11-4-1-9(2-5-11)15(18,19)20/h1-7,21H,8H2,(H,22,23). The number of anilines is 2. The van der Waals surface area contributed by atoms with Crippen LogP contribution in [0.1, 0.15) is 5.56 Å². The minimum atomic E-state index is -4.45. The van der Waals surface area contributed by atoms with Crippen LogP contribution in [0.4, 0.5) is 33.3 Å². The second-order valence-electron chi connectivity index (χ2n) is 4.60. The van der Waals surface area contributed by atoms with Crippen LogP contribution < -0.4 is 10.6 Å². The molecule has 3 nitrogen and oxygen atoms in total. The molecule has 0 saturated heterocycles. The second kappa shape index (κ2) is 6.64. The Balaban J connectivity index is 1.92. The SMILES string of the molecule is O=C(CNc1ccc(F)cc1F)Nc1ccc(C(F)(F)F)cc1. The molecule has 0 radical (unpaired) electrons. The molecule has 2 N–H and O–H groups in total. The Kier molecular flexibility index (Phi) is 4.83. The minimum Gasteiger partial charge on any atom is -0.374 e. The summed E-state index contributed by atoms with van der Waals surface area (Å²) in [5.41, 5.74) is -0.722. The van der Waals surface area contributed by atoms with Crippen LogP contribution in [0.5, 0.6) is 0 Å². The van der Waals surface area contributed by atoms with Gasteiger partial charge in [-0.05, 0) is 36.4 Å². The molecule has 0 bridgehead atoms. The number of carbonyl (C=O) groups excluding carboxylic acids is 1. The van der Waals surface area contributed by atoms with Gasteiger partial charge in [0.1, 0.15) is 11.6 Å². The van der Waals surface area contributed by atoms with E-state index in [1.165, 1.54) is 0 Å². The number of alkyl halides is 3. The molecule has 0 fully saturated rings. The van der Waals surface area contributed by atoms with Crippen LogP contribution in [0.2, 0.25) is 0 Å². The summed E-state index contributed by atoms with van der Waals surface area (Å²) in [7, 11) is 0. The van der Waals surface area contributed by atoms with Gasteiger partial charge < -0.3 is 10.6 Å². The molecule has 2 aromatic carbocycles. The molecule has 0 aromatic heterocycles. The van der Waals surface area contributed by atoms with Crippen molar-refractivity contribution >= 4 is 17.3 Å². The monoisotopic (exact) mass is 330 g/mol. The molecule has 0 aliphatic rings. The topological polar surface area (TPSA) is 41.1 Å². The average molecular weight is 330 g/mol. The third-order valence-electron chi connectivity index (χ3n) is 2.87. The maximum absolute atomic E-state index is 13.3. The van der Waals surface area contributed by atoms with Crippen LogP contribution in [0.3, 0.4) is 0 Å². The Morgan fingerprint density at radius 1 is 1.00 bits per heavy atom. The number of nitrogens with one attached hydrogen (secondary N) is 2. The van der Waals surface area contributed by atoms with Gasteiger partial charge in [-0.2, -0.15) is 13.2 Å². The average Bonchev–Trinajstić information content (AvgIpc) is 2.46. The fraction of sp³-hybridized carbons (Fsp3) is 0.133. The first-order valence-electron chi connectivity index (χ1n) is 6.42. The molecule has 8 heteroatoms. The Bertz CT molecular complexity index is 698. The molecular weight excluding hydrogens is 319 g/mol. The molecule has 0 heterocycles. The van der Waals surface area contributed by atoms with Gasteiger partial charge in [-0.3, -0.25) is 4.79 Å². The second-order valence-corrected chi connectivity index (χ2v) is 4.60. The van der Waals surface area contributed by atoms with Crippen molar-refractivity contribution in [1.82, 2.24) is 0 Å². The van der Waals surface area contributed by atoms with Crippen LogP contribution in [0, 0.1) is 11.6 Å². The first kappa shape index (κ1) is 16.7. The van der Waals surface area contributed by atoms with E-state index in [0.717, 1.165) is 36.4 Å². The summed E-state index contributed by atoms with van der Waals surface area (Å²) in [6.45, 7) is -0.330. The molecular formula is C15H11F5N2O. The van der Waals surface area contributed by atoms with E-state index in [0.29, 0.717) is 6.07 Å². The lowest BCUT2D eigenvalue weighted by Gasteiger charge is -2.10. The molecule has 2 rings (SSSR count). The zero-order valence-electron chi connectivity index (χ0n) is 11.5. The van der Waals surface area contributed by atoms with E-state index >= 15 is 0 Å². The number of amides is 1. The van der Waals surface area contributed by atoms with Gasteiger partial charge in [-0.1, -0.05) is 0 Å². The Labute approximate surface area is 128 Å². The van der Waals surface area contributed by atoms with Gasteiger partial charge in [-0.25, -0.2) is 8.78 Å². The lowest BCUT2D eigenvalue weighted by Crippen LogP contribution is -2.22. The summed E-state index contributed by atoms with van der Waals surface area (Å²) in [5, 5.41) is 4.82. The zero-order chi connectivity index (χ0) is 17.0. The number of carbonyl (C=O) groups is 1. The molecule has 0 spiro atoms. The highest BCUT2D eigenvalue weighted by atomic mass is 19.4. The molecule has 1 amide bonds. The third-order valence-corrected chi connectivity index (χ3v) is 2.87. The van der Waals surface area contributed by atoms with Crippen molar-refractivity contribution in [3.8, 4) is 0 Å². The van der Waals surface area contributed by atoms with Crippen molar-refractivity contribution in [2.75, 3.05) is 17.2 Å².